The molecule has 2 aliphatic heterocycles. The summed E-state index contributed by atoms with van der Waals surface area (Å²) in [5.74, 6) is -0.828. The quantitative estimate of drug-likeness (QED) is 0.173. The minimum atomic E-state index is -1.78. The van der Waals surface area contributed by atoms with Crippen molar-refractivity contribution < 1.29 is 69.4 Å². The molecule has 0 aromatic heterocycles. The van der Waals surface area contributed by atoms with Crippen LogP contribution in [-0.2, 0) is 28.5 Å². The van der Waals surface area contributed by atoms with Gasteiger partial charge < -0.3 is 59.8 Å². The molecule has 19 atom stereocenters. The van der Waals surface area contributed by atoms with Crippen LogP contribution in [0.25, 0.3) is 0 Å². The van der Waals surface area contributed by atoms with E-state index in [0.717, 1.165) is 37.7 Å². The average Bonchev–Trinajstić information content (AvgIpc) is 3.13. The lowest BCUT2D eigenvalue weighted by Crippen LogP contribution is -2.67. The lowest BCUT2D eigenvalue weighted by atomic mass is 9.33. The number of ether oxygens (including phenoxy) is 4. The van der Waals surface area contributed by atoms with Crippen molar-refractivity contribution in [1.82, 2.24) is 0 Å². The molecule has 2 saturated heterocycles. The molecule has 6 fully saturated rings. The number of aliphatic hydroxyl groups is 7. The summed E-state index contributed by atoms with van der Waals surface area (Å²) >= 11 is 0. The van der Waals surface area contributed by atoms with E-state index in [1.54, 1.807) is 0 Å². The fourth-order valence-corrected chi connectivity index (χ4v) is 13.4. The van der Waals surface area contributed by atoms with Crippen LogP contribution in [0.3, 0.4) is 0 Å². The number of ketones is 1. The second-order valence-electron chi connectivity index (χ2n) is 20.5. The summed E-state index contributed by atoms with van der Waals surface area (Å²) < 4.78 is 23.9. The topological polar surface area (TPSA) is 233 Å². The molecule has 5 aliphatic carbocycles. The molecular formula is C42H66O14. The van der Waals surface area contributed by atoms with Crippen molar-refractivity contribution in [2.45, 2.75) is 174 Å². The van der Waals surface area contributed by atoms with Crippen LogP contribution < -0.4 is 0 Å². The van der Waals surface area contributed by atoms with Crippen LogP contribution >= 0.6 is 0 Å². The third-order valence-corrected chi connectivity index (χ3v) is 17.3. The van der Waals surface area contributed by atoms with E-state index in [0.29, 0.717) is 25.7 Å². The highest BCUT2D eigenvalue weighted by atomic mass is 16.7. The third-order valence-electron chi connectivity index (χ3n) is 17.3. The van der Waals surface area contributed by atoms with Gasteiger partial charge in [-0.15, -0.1) is 0 Å². The number of fused-ring (bicyclic) bond motifs is 7. The molecule has 0 bridgehead atoms. The van der Waals surface area contributed by atoms with Gasteiger partial charge in [0.1, 0.15) is 48.8 Å². The predicted molar refractivity (Wildman–Crippen MR) is 198 cm³/mol. The number of aliphatic carboxylic acids is 1. The zero-order valence-corrected chi connectivity index (χ0v) is 34.0. The van der Waals surface area contributed by atoms with Crippen LogP contribution in [0.4, 0.5) is 0 Å². The van der Waals surface area contributed by atoms with Crippen LogP contribution in [0, 0.1) is 50.2 Å². The van der Waals surface area contributed by atoms with E-state index in [4.69, 9.17) is 18.9 Å². The van der Waals surface area contributed by atoms with Gasteiger partial charge in [-0.2, -0.15) is 0 Å². The summed E-state index contributed by atoms with van der Waals surface area (Å²) in [6.45, 7) is 14.0. The van der Waals surface area contributed by atoms with E-state index in [2.05, 4.69) is 41.5 Å². The van der Waals surface area contributed by atoms with Crippen LogP contribution in [0.15, 0.2) is 11.6 Å². The van der Waals surface area contributed by atoms with Gasteiger partial charge in [0.05, 0.1) is 24.7 Å². The summed E-state index contributed by atoms with van der Waals surface area (Å²) in [7, 11) is 0. The normalized spacial score (nSPS) is 54.2. The fourth-order valence-electron chi connectivity index (χ4n) is 13.4. The second-order valence-corrected chi connectivity index (χ2v) is 20.5. The first kappa shape index (κ1) is 42.6. The molecule has 0 radical (unpaired) electrons. The Balaban J connectivity index is 1.13. The molecular weight excluding hydrogens is 728 g/mol. The first-order valence-electron chi connectivity index (χ1n) is 20.8. The van der Waals surface area contributed by atoms with Gasteiger partial charge >= 0.3 is 5.97 Å². The van der Waals surface area contributed by atoms with Gasteiger partial charge in [0.25, 0.3) is 0 Å². The van der Waals surface area contributed by atoms with Crippen molar-refractivity contribution in [2.24, 2.45) is 50.2 Å². The molecule has 7 aliphatic rings. The van der Waals surface area contributed by atoms with Crippen LogP contribution in [0.2, 0.25) is 0 Å². The molecule has 14 heteroatoms. The number of allylic oxidation sites excluding steroid dienone is 2. The largest absolute Gasteiger partial charge is 0.481 e. The maximum Gasteiger partial charge on any atom is 0.309 e. The molecule has 0 unspecified atom stereocenters. The molecule has 0 spiro atoms. The SMILES string of the molecule is CC1(C)[C@@H](O[C@@H]2O[C@H](CO)[C@@H](O)[C@H](O[C@@H]3O[C@H](CO)[C@@H](O)[C@H](O)[C@H]3O)[C@H]2O)CC[C@@]2(C)[C@@H]1CC[C@]1(C)[C@H]2C(=O)C=C2[C@@H]3C[C@@](C)(C(=O)O)CC[C@]3(C)CC[C@]21C. The lowest BCUT2D eigenvalue weighted by Gasteiger charge is -2.70. The number of carboxylic acids is 1. The maximum absolute atomic E-state index is 14.8. The number of rotatable bonds is 7. The maximum atomic E-state index is 14.8. The highest BCUT2D eigenvalue weighted by molar-refractivity contribution is 5.95. The Morgan fingerprint density at radius 2 is 1.36 bits per heavy atom. The standard InChI is InChI=1S/C42H66O14/c1-37(2)25-8-11-42(7)33(22(45)16-20-21-17-39(4,36(51)52)13-12-38(21,3)14-15-41(20,42)6)40(25,5)10-9-26(37)55-35-31(50)32(28(47)24(19-44)54-35)56-34-30(49)29(48)27(46)23(18-43)53-34/h16,21,23-35,43-44,46-50H,8-15,17-19H2,1-7H3,(H,51,52)/t21-,23+,24+,25+,26-,27+,28+,29-,30+,31+,32-,33-,34-,35-,38+,39-,40-,41+,42+/m0/s1. The average molecular weight is 795 g/mol. The number of carbonyl (C=O) groups is 2. The van der Waals surface area contributed by atoms with Crippen molar-refractivity contribution in [1.29, 1.82) is 0 Å². The summed E-state index contributed by atoms with van der Waals surface area (Å²) in [6.07, 6.45) is -7.21. The third kappa shape index (κ3) is 6.13. The molecule has 2 heterocycles. The van der Waals surface area contributed by atoms with Crippen LogP contribution in [0.1, 0.15) is 106 Å². The van der Waals surface area contributed by atoms with E-state index in [1.165, 1.54) is 0 Å². The monoisotopic (exact) mass is 794 g/mol. The second kappa shape index (κ2) is 14.3. The minimum Gasteiger partial charge on any atom is -0.481 e. The zero-order valence-electron chi connectivity index (χ0n) is 34.0. The first-order chi connectivity index (χ1) is 26.0. The fraction of sp³-hybridized carbons (Fsp3) is 0.905. The Morgan fingerprint density at radius 3 is 1.98 bits per heavy atom. The van der Waals surface area contributed by atoms with E-state index in [-0.39, 0.29) is 39.8 Å². The van der Waals surface area contributed by atoms with E-state index >= 15 is 0 Å². The van der Waals surface area contributed by atoms with Gasteiger partial charge in [0.15, 0.2) is 18.4 Å². The molecule has 0 aromatic rings. The first-order valence-corrected chi connectivity index (χ1v) is 20.8. The van der Waals surface area contributed by atoms with Gasteiger partial charge in [-0.25, -0.2) is 0 Å². The van der Waals surface area contributed by atoms with Gasteiger partial charge in [0, 0.05) is 5.92 Å². The van der Waals surface area contributed by atoms with Gasteiger partial charge in [-0.05, 0) is 110 Å². The van der Waals surface area contributed by atoms with Gasteiger partial charge in [-0.3, -0.25) is 9.59 Å². The van der Waals surface area contributed by atoms with Crippen molar-refractivity contribution in [2.75, 3.05) is 13.2 Å². The van der Waals surface area contributed by atoms with Gasteiger partial charge in [-0.1, -0.05) is 47.1 Å². The zero-order chi connectivity index (χ0) is 41.1. The number of hydrogen-bond acceptors (Lipinski definition) is 13. The Hall–Kier alpha value is -1.56. The van der Waals surface area contributed by atoms with E-state index < -0.39 is 103 Å². The van der Waals surface area contributed by atoms with Gasteiger partial charge in [0.2, 0.25) is 0 Å². The van der Waals surface area contributed by atoms with Crippen molar-refractivity contribution in [3.8, 4) is 0 Å². The molecule has 0 aromatic carbocycles. The smallest absolute Gasteiger partial charge is 0.309 e. The van der Waals surface area contributed by atoms with Crippen LogP contribution in [-0.4, -0.2) is 133 Å². The Labute approximate surface area is 329 Å². The number of carbonyl (C=O) groups excluding carboxylic acids is 1. The lowest BCUT2D eigenvalue weighted by molar-refractivity contribution is -0.369. The van der Waals surface area contributed by atoms with Crippen molar-refractivity contribution in [3.63, 3.8) is 0 Å². The number of aliphatic hydroxyl groups excluding tert-OH is 7. The molecule has 14 nitrogen and oxygen atoms in total. The van der Waals surface area contributed by atoms with Crippen molar-refractivity contribution >= 4 is 11.8 Å². The number of hydrogen-bond donors (Lipinski definition) is 8. The number of carboxylic acid groups (broad SMARTS) is 1. The summed E-state index contributed by atoms with van der Waals surface area (Å²) in [6, 6.07) is 0. The van der Waals surface area contributed by atoms with E-state index in [1.807, 2.05) is 13.0 Å². The van der Waals surface area contributed by atoms with Crippen molar-refractivity contribution in [3.05, 3.63) is 11.6 Å². The summed E-state index contributed by atoms with van der Waals surface area (Å²) in [5, 5.41) is 83.9. The summed E-state index contributed by atoms with van der Waals surface area (Å²) in [5.41, 5.74) is -1.25. The highest BCUT2D eigenvalue weighted by Gasteiger charge is 2.70. The van der Waals surface area contributed by atoms with Crippen LogP contribution in [0.5, 0.6) is 0 Å². The van der Waals surface area contributed by atoms with E-state index in [9.17, 15) is 50.4 Å². The predicted octanol–water partition coefficient (Wildman–Crippen LogP) is 2.06. The Kier molecular flexibility index (Phi) is 10.9. The molecule has 56 heavy (non-hydrogen) atoms. The molecule has 318 valence electrons. The molecule has 4 saturated carbocycles. The summed E-state index contributed by atoms with van der Waals surface area (Å²) in [4.78, 5) is 27.3. The Morgan fingerprint density at radius 1 is 0.750 bits per heavy atom. The molecule has 0 amide bonds. The highest BCUT2D eigenvalue weighted by Crippen LogP contribution is 2.75. The molecule has 8 N–H and O–H groups in total. The Bertz CT molecular complexity index is 1570. The minimum absolute atomic E-state index is 0.0284. The molecule has 7 rings (SSSR count).